The van der Waals surface area contributed by atoms with Crippen LogP contribution in [0.15, 0.2) is 30.6 Å². The summed E-state index contributed by atoms with van der Waals surface area (Å²) in [5, 5.41) is 4.18. The van der Waals surface area contributed by atoms with Gasteiger partial charge in [0.25, 0.3) is 0 Å². The number of aromatic nitrogens is 3. The van der Waals surface area contributed by atoms with Crippen LogP contribution in [0.1, 0.15) is 18.4 Å². The predicted molar refractivity (Wildman–Crippen MR) is 91.3 cm³/mol. The average Bonchev–Trinajstić information content (AvgIpc) is 3.02. The van der Waals surface area contributed by atoms with Gasteiger partial charge in [0.1, 0.15) is 6.61 Å². The van der Waals surface area contributed by atoms with E-state index in [0.717, 1.165) is 43.7 Å². The zero-order chi connectivity index (χ0) is 16.9. The third-order valence-corrected chi connectivity index (χ3v) is 4.57. The summed E-state index contributed by atoms with van der Waals surface area (Å²) in [4.78, 5) is 18.5. The Morgan fingerprint density at radius 1 is 1.38 bits per heavy atom. The fraction of sp³-hybridized carbons (Fsp3) is 0.500. The van der Waals surface area contributed by atoms with Gasteiger partial charge < -0.3 is 9.64 Å². The largest absolute Gasteiger partial charge is 0.375 e. The molecule has 0 unspecified atom stereocenters. The fourth-order valence-electron chi connectivity index (χ4n) is 3.33. The van der Waals surface area contributed by atoms with E-state index < -0.39 is 0 Å². The molecule has 24 heavy (non-hydrogen) atoms. The third-order valence-electron chi connectivity index (χ3n) is 4.57. The normalized spacial score (nSPS) is 17.9. The summed E-state index contributed by atoms with van der Waals surface area (Å²) in [6, 6.07) is 6.14. The molecule has 1 atom stereocenters. The second-order valence-electron chi connectivity index (χ2n) is 6.38. The maximum absolute atomic E-state index is 12.0. The molecule has 128 valence electrons. The molecule has 0 aromatic carbocycles. The SMILES string of the molecule is COCC(=O)N1CCC[C@@H](Cc2ccc(-c3ccnn3C)nc2)C1. The van der Waals surface area contributed by atoms with E-state index >= 15 is 0 Å². The highest BCUT2D eigenvalue weighted by Gasteiger charge is 2.23. The Labute approximate surface area is 142 Å². The standard InChI is InChI=1S/C18H24N4O2/c1-21-17(7-8-20-21)16-6-5-14(11-19-16)10-15-4-3-9-22(12-15)18(23)13-24-2/h5-8,11,15H,3-4,9-10,12-13H2,1-2H3/t15-/m0/s1. The Morgan fingerprint density at radius 3 is 2.92 bits per heavy atom. The molecule has 2 aromatic heterocycles. The van der Waals surface area contributed by atoms with Gasteiger partial charge in [0.05, 0.1) is 11.4 Å². The molecule has 2 aromatic rings. The van der Waals surface area contributed by atoms with Crippen molar-refractivity contribution in [3.8, 4) is 11.4 Å². The van der Waals surface area contributed by atoms with Crippen LogP contribution in [-0.4, -0.2) is 52.4 Å². The van der Waals surface area contributed by atoms with E-state index in [-0.39, 0.29) is 12.5 Å². The smallest absolute Gasteiger partial charge is 0.248 e. The Hall–Kier alpha value is -2.21. The quantitative estimate of drug-likeness (QED) is 0.841. The number of carbonyl (C=O) groups excluding carboxylic acids is 1. The van der Waals surface area contributed by atoms with Gasteiger partial charge in [-0.15, -0.1) is 0 Å². The van der Waals surface area contributed by atoms with Crippen molar-refractivity contribution in [1.82, 2.24) is 19.7 Å². The number of rotatable bonds is 5. The first-order valence-corrected chi connectivity index (χ1v) is 8.37. The number of amides is 1. The van der Waals surface area contributed by atoms with Crippen LogP contribution < -0.4 is 0 Å². The molecule has 0 spiro atoms. The van der Waals surface area contributed by atoms with Gasteiger partial charge in [-0.05, 0) is 42.9 Å². The summed E-state index contributed by atoms with van der Waals surface area (Å²) in [7, 11) is 3.48. The molecular formula is C18H24N4O2. The summed E-state index contributed by atoms with van der Waals surface area (Å²) < 4.78 is 6.78. The monoisotopic (exact) mass is 328 g/mol. The topological polar surface area (TPSA) is 60.2 Å². The summed E-state index contributed by atoms with van der Waals surface area (Å²) in [6.45, 7) is 1.83. The van der Waals surface area contributed by atoms with Crippen LogP contribution in [0.2, 0.25) is 0 Å². The van der Waals surface area contributed by atoms with Crippen LogP contribution in [0.5, 0.6) is 0 Å². The number of ether oxygens (including phenoxy) is 1. The van der Waals surface area contributed by atoms with Crippen molar-refractivity contribution < 1.29 is 9.53 Å². The lowest BCUT2D eigenvalue weighted by Crippen LogP contribution is -2.42. The van der Waals surface area contributed by atoms with Gasteiger partial charge in [-0.3, -0.25) is 14.5 Å². The van der Waals surface area contributed by atoms with E-state index in [2.05, 4.69) is 16.1 Å². The van der Waals surface area contributed by atoms with Crippen LogP contribution in [0.3, 0.4) is 0 Å². The minimum absolute atomic E-state index is 0.0897. The van der Waals surface area contributed by atoms with Gasteiger partial charge >= 0.3 is 0 Å². The Bertz CT molecular complexity index is 681. The number of aryl methyl sites for hydroxylation is 1. The minimum atomic E-state index is 0.0897. The average molecular weight is 328 g/mol. The molecule has 1 aliphatic rings. The highest BCUT2D eigenvalue weighted by molar-refractivity contribution is 5.77. The maximum atomic E-state index is 12.0. The van der Waals surface area contributed by atoms with E-state index in [0.29, 0.717) is 5.92 Å². The molecule has 0 aliphatic carbocycles. The number of carbonyl (C=O) groups is 1. The van der Waals surface area contributed by atoms with Crippen molar-refractivity contribution in [3.63, 3.8) is 0 Å². The first-order chi connectivity index (χ1) is 11.7. The first kappa shape index (κ1) is 16.6. The number of likely N-dealkylation sites (tertiary alicyclic amines) is 1. The zero-order valence-corrected chi connectivity index (χ0v) is 14.3. The lowest BCUT2D eigenvalue weighted by Gasteiger charge is -2.32. The van der Waals surface area contributed by atoms with Gasteiger partial charge in [0, 0.05) is 39.6 Å². The molecule has 1 fully saturated rings. The molecule has 3 heterocycles. The molecule has 1 aliphatic heterocycles. The zero-order valence-electron chi connectivity index (χ0n) is 14.3. The third kappa shape index (κ3) is 3.82. The number of nitrogens with zero attached hydrogens (tertiary/aromatic N) is 4. The second-order valence-corrected chi connectivity index (χ2v) is 6.38. The van der Waals surface area contributed by atoms with Crippen LogP contribution in [0.25, 0.3) is 11.4 Å². The first-order valence-electron chi connectivity index (χ1n) is 8.37. The van der Waals surface area contributed by atoms with E-state index in [4.69, 9.17) is 4.74 Å². The number of piperidine rings is 1. The summed E-state index contributed by atoms with van der Waals surface area (Å²) >= 11 is 0. The van der Waals surface area contributed by atoms with Crippen molar-refractivity contribution in [3.05, 3.63) is 36.2 Å². The van der Waals surface area contributed by atoms with Crippen molar-refractivity contribution in [2.24, 2.45) is 13.0 Å². The van der Waals surface area contributed by atoms with Gasteiger partial charge in [-0.1, -0.05) is 6.07 Å². The fourth-order valence-corrected chi connectivity index (χ4v) is 3.33. The molecule has 0 saturated carbocycles. The summed E-state index contributed by atoms with van der Waals surface area (Å²) in [6.07, 6.45) is 6.88. The van der Waals surface area contributed by atoms with Crippen LogP contribution >= 0.6 is 0 Å². The number of hydrogen-bond donors (Lipinski definition) is 0. The predicted octanol–water partition coefficient (Wildman–Crippen LogP) is 1.91. The highest BCUT2D eigenvalue weighted by Crippen LogP contribution is 2.22. The molecular weight excluding hydrogens is 304 g/mol. The van der Waals surface area contributed by atoms with Crippen LogP contribution in [0.4, 0.5) is 0 Å². The molecule has 1 amide bonds. The summed E-state index contributed by atoms with van der Waals surface area (Å²) in [5.74, 6) is 0.579. The summed E-state index contributed by atoms with van der Waals surface area (Å²) in [5.41, 5.74) is 3.15. The van der Waals surface area contributed by atoms with Crippen LogP contribution in [0, 0.1) is 5.92 Å². The Balaban J connectivity index is 1.61. The van der Waals surface area contributed by atoms with Gasteiger partial charge in [-0.2, -0.15) is 5.10 Å². The molecule has 0 radical (unpaired) electrons. The molecule has 6 nitrogen and oxygen atoms in total. The van der Waals surface area contributed by atoms with Crippen molar-refractivity contribution in [1.29, 1.82) is 0 Å². The number of hydrogen-bond acceptors (Lipinski definition) is 4. The van der Waals surface area contributed by atoms with Crippen molar-refractivity contribution in [2.45, 2.75) is 19.3 Å². The number of pyridine rings is 1. The molecule has 3 rings (SSSR count). The Morgan fingerprint density at radius 2 is 2.25 bits per heavy atom. The lowest BCUT2D eigenvalue weighted by atomic mass is 9.91. The van der Waals surface area contributed by atoms with E-state index in [1.807, 2.05) is 35.0 Å². The number of methoxy groups -OCH3 is 1. The van der Waals surface area contributed by atoms with Gasteiger partial charge in [-0.25, -0.2) is 0 Å². The Kier molecular flexibility index (Phi) is 5.25. The van der Waals surface area contributed by atoms with E-state index in [9.17, 15) is 4.79 Å². The maximum Gasteiger partial charge on any atom is 0.248 e. The lowest BCUT2D eigenvalue weighted by molar-refractivity contribution is -0.136. The van der Waals surface area contributed by atoms with Gasteiger partial charge in [0.15, 0.2) is 0 Å². The van der Waals surface area contributed by atoms with Crippen molar-refractivity contribution in [2.75, 3.05) is 26.8 Å². The van der Waals surface area contributed by atoms with E-state index in [1.54, 1.807) is 13.3 Å². The molecule has 6 heteroatoms. The van der Waals surface area contributed by atoms with E-state index in [1.165, 1.54) is 5.56 Å². The second kappa shape index (κ2) is 7.57. The molecule has 0 N–H and O–H groups in total. The molecule has 1 saturated heterocycles. The highest BCUT2D eigenvalue weighted by atomic mass is 16.5. The molecule has 0 bridgehead atoms. The minimum Gasteiger partial charge on any atom is -0.375 e. The van der Waals surface area contributed by atoms with Crippen LogP contribution in [-0.2, 0) is 23.0 Å². The van der Waals surface area contributed by atoms with Crippen molar-refractivity contribution >= 4 is 5.91 Å². The van der Waals surface area contributed by atoms with Gasteiger partial charge in [0.2, 0.25) is 5.91 Å².